The van der Waals surface area contributed by atoms with Crippen LogP contribution in [0.2, 0.25) is 0 Å². The Hall–Kier alpha value is -2.00. The lowest BCUT2D eigenvalue weighted by Crippen LogP contribution is -2.49. The molecule has 0 saturated carbocycles. The SMILES string of the molecule is CNC[C@@H]1Oc2cc(-c3ccccc3F)ccc2S(=O)(=O)N([C@@H](C)CO)C[C@H]1C. The minimum Gasteiger partial charge on any atom is -0.487 e. The Bertz CT molecular complexity index is 967. The average molecular weight is 423 g/mol. The van der Waals surface area contributed by atoms with E-state index >= 15 is 0 Å². The molecule has 2 aromatic carbocycles. The van der Waals surface area contributed by atoms with Gasteiger partial charge in [-0.05, 0) is 37.7 Å². The van der Waals surface area contributed by atoms with Crippen LogP contribution in [0.1, 0.15) is 13.8 Å². The number of aliphatic hydroxyl groups is 1. The van der Waals surface area contributed by atoms with Crippen LogP contribution in [-0.4, -0.2) is 56.7 Å². The van der Waals surface area contributed by atoms with Gasteiger partial charge in [0.25, 0.3) is 0 Å². The molecule has 0 aliphatic carbocycles. The van der Waals surface area contributed by atoms with Gasteiger partial charge in [0.05, 0.1) is 6.61 Å². The number of nitrogens with one attached hydrogen (secondary N) is 1. The summed E-state index contributed by atoms with van der Waals surface area (Å²) in [7, 11) is -2.10. The number of halogens is 1. The van der Waals surface area contributed by atoms with Gasteiger partial charge in [0, 0.05) is 30.6 Å². The van der Waals surface area contributed by atoms with E-state index in [1.807, 2.05) is 6.92 Å². The Morgan fingerprint density at radius 3 is 2.69 bits per heavy atom. The first-order valence-corrected chi connectivity index (χ1v) is 11.1. The largest absolute Gasteiger partial charge is 0.487 e. The molecule has 1 aliphatic heterocycles. The summed E-state index contributed by atoms with van der Waals surface area (Å²) in [4.78, 5) is 0.0193. The Kier molecular flexibility index (Phi) is 6.58. The van der Waals surface area contributed by atoms with Crippen molar-refractivity contribution < 1.29 is 22.7 Å². The average Bonchev–Trinajstić information content (AvgIpc) is 2.70. The topological polar surface area (TPSA) is 78.9 Å². The third-order valence-electron chi connectivity index (χ3n) is 5.26. The zero-order valence-corrected chi connectivity index (χ0v) is 17.6. The highest BCUT2D eigenvalue weighted by Crippen LogP contribution is 2.36. The fourth-order valence-corrected chi connectivity index (χ4v) is 5.36. The summed E-state index contributed by atoms with van der Waals surface area (Å²) >= 11 is 0. The molecule has 0 amide bonds. The molecule has 3 rings (SSSR count). The van der Waals surface area contributed by atoms with E-state index in [9.17, 15) is 17.9 Å². The summed E-state index contributed by atoms with van der Waals surface area (Å²) < 4.78 is 48.4. The van der Waals surface area contributed by atoms with Crippen molar-refractivity contribution in [3.8, 4) is 16.9 Å². The first-order valence-electron chi connectivity index (χ1n) is 9.62. The molecule has 158 valence electrons. The Balaban J connectivity index is 2.17. The number of ether oxygens (including phenoxy) is 1. The first kappa shape index (κ1) is 21.7. The highest BCUT2D eigenvalue weighted by molar-refractivity contribution is 7.89. The summed E-state index contributed by atoms with van der Waals surface area (Å²) in [6.45, 7) is 4.05. The van der Waals surface area contributed by atoms with Crippen LogP contribution in [-0.2, 0) is 10.0 Å². The first-order chi connectivity index (χ1) is 13.8. The van der Waals surface area contributed by atoms with Gasteiger partial charge in [-0.2, -0.15) is 4.31 Å². The summed E-state index contributed by atoms with van der Waals surface area (Å²) in [6, 6.07) is 10.4. The van der Waals surface area contributed by atoms with Gasteiger partial charge in [-0.1, -0.05) is 31.2 Å². The molecule has 1 aliphatic rings. The van der Waals surface area contributed by atoms with Crippen LogP contribution in [0, 0.1) is 11.7 Å². The minimum atomic E-state index is -3.90. The van der Waals surface area contributed by atoms with Crippen molar-refractivity contribution in [2.75, 3.05) is 26.7 Å². The molecular formula is C21H27FN2O4S. The van der Waals surface area contributed by atoms with E-state index in [1.54, 1.807) is 44.3 Å². The number of benzene rings is 2. The lowest BCUT2D eigenvalue weighted by molar-refractivity contribution is 0.103. The summed E-state index contributed by atoms with van der Waals surface area (Å²) in [5.74, 6) is -0.332. The summed E-state index contributed by atoms with van der Waals surface area (Å²) in [6.07, 6.45) is -0.293. The van der Waals surface area contributed by atoms with E-state index in [0.29, 0.717) is 17.7 Å². The standard InChI is InChI=1S/C21H27FN2O4S/c1-14-12-24(15(2)13-25)29(26,27)21-9-8-16(17-6-4-5-7-18(17)22)10-19(21)28-20(14)11-23-3/h4-10,14-15,20,23,25H,11-13H2,1-3H3/t14-,15+,20+/m1/s1. The van der Waals surface area contributed by atoms with Crippen molar-refractivity contribution in [1.29, 1.82) is 0 Å². The zero-order chi connectivity index (χ0) is 21.2. The van der Waals surface area contributed by atoms with Crippen LogP contribution in [0.3, 0.4) is 0 Å². The van der Waals surface area contributed by atoms with Crippen LogP contribution in [0.25, 0.3) is 11.1 Å². The molecule has 0 radical (unpaired) electrons. The maximum Gasteiger partial charge on any atom is 0.247 e. The predicted molar refractivity (Wildman–Crippen MR) is 110 cm³/mol. The smallest absolute Gasteiger partial charge is 0.247 e. The number of rotatable bonds is 5. The normalized spacial score (nSPS) is 22.8. The third kappa shape index (κ3) is 4.30. The third-order valence-corrected chi connectivity index (χ3v) is 7.28. The summed E-state index contributed by atoms with van der Waals surface area (Å²) in [5, 5.41) is 12.7. The molecule has 6 nitrogen and oxygen atoms in total. The van der Waals surface area contributed by atoms with Crippen LogP contribution >= 0.6 is 0 Å². The maximum absolute atomic E-state index is 14.3. The van der Waals surface area contributed by atoms with E-state index in [-0.39, 0.29) is 35.8 Å². The second kappa shape index (κ2) is 8.79. The quantitative estimate of drug-likeness (QED) is 0.774. The van der Waals surface area contributed by atoms with E-state index < -0.39 is 21.9 Å². The van der Waals surface area contributed by atoms with Crippen LogP contribution in [0.4, 0.5) is 4.39 Å². The predicted octanol–water partition coefficient (Wildman–Crippen LogP) is 2.48. The molecule has 3 atom stereocenters. The van der Waals surface area contributed by atoms with Crippen molar-refractivity contribution in [2.24, 2.45) is 5.92 Å². The molecular weight excluding hydrogens is 395 g/mol. The molecule has 8 heteroatoms. The second-order valence-corrected chi connectivity index (χ2v) is 9.30. The lowest BCUT2D eigenvalue weighted by Gasteiger charge is -2.36. The van der Waals surface area contributed by atoms with Crippen LogP contribution in [0.15, 0.2) is 47.4 Å². The molecule has 0 bridgehead atoms. The van der Waals surface area contributed by atoms with Gasteiger partial charge in [0.15, 0.2) is 0 Å². The molecule has 0 spiro atoms. The van der Waals surface area contributed by atoms with Crippen molar-refractivity contribution in [2.45, 2.75) is 30.9 Å². The molecule has 29 heavy (non-hydrogen) atoms. The number of nitrogens with zero attached hydrogens (tertiary/aromatic N) is 1. The summed E-state index contributed by atoms with van der Waals surface area (Å²) in [5.41, 5.74) is 0.910. The number of aliphatic hydroxyl groups excluding tert-OH is 1. The second-order valence-electron chi connectivity index (χ2n) is 7.44. The van der Waals surface area contributed by atoms with Crippen molar-refractivity contribution in [3.05, 3.63) is 48.3 Å². The molecule has 1 heterocycles. The minimum absolute atomic E-state index is 0.0193. The molecule has 0 aromatic heterocycles. The van der Waals surface area contributed by atoms with E-state index in [1.165, 1.54) is 16.4 Å². The fraction of sp³-hybridized carbons (Fsp3) is 0.429. The van der Waals surface area contributed by atoms with Crippen molar-refractivity contribution in [3.63, 3.8) is 0 Å². The van der Waals surface area contributed by atoms with Gasteiger partial charge in [-0.25, -0.2) is 12.8 Å². The van der Waals surface area contributed by atoms with E-state index in [2.05, 4.69) is 5.32 Å². The molecule has 0 fully saturated rings. The van der Waals surface area contributed by atoms with Crippen LogP contribution < -0.4 is 10.1 Å². The molecule has 2 N–H and O–H groups in total. The van der Waals surface area contributed by atoms with Gasteiger partial charge in [-0.3, -0.25) is 0 Å². The van der Waals surface area contributed by atoms with Gasteiger partial charge in [0.1, 0.15) is 22.6 Å². The Morgan fingerprint density at radius 2 is 2.03 bits per heavy atom. The monoisotopic (exact) mass is 422 g/mol. The van der Waals surface area contributed by atoms with E-state index in [0.717, 1.165) is 0 Å². The number of hydrogen-bond acceptors (Lipinski definition) is 5. The number of fused-ring (bicyclic) bond motifs is 1. The van der Waals surface area contributed by atoms with Crippen LogP contribution in [0.5, 0.6) is 5.75 Å². The molecule has 0 unspecified atom stereocenters. The molecule has 0 saturated heterocycles. The van der Waals surface area contributed by atoms with Crippen molar-refractivity contribution >= 4 is 10.0 Å². The number of sulfonamides is 1. The Morgan fingerprint density at radius 1 is 1.31 bits per heavy atom. The lowest BCUT2D eigenvalue weighted by atomic mass is 10.0. The number of hydrogen-bond donors (Lipinski definition) is 2. The van der Waals surface area contributed by atoms with Gasteiger partial charge < -0.3 is 15.2 Å². The van der Waals surface area contributed by atoms with Gasteiger partial charge >= 0.3 is 0 Å². The Labute approximate surface area is 171 Å². The number of likely N-dealkylation sites (N-methyl/N-ethyl adjacent to an activating group) is 1. The fourth-order valence-electron chi connectivity index (χ4n) is 3.53. The maximum atomic E-state index is 14.3. The molecule has 2 aromatic rings. The van der Waals surface area contributed by atoms with Gasteiger partial charge in [0.2, 0.25) is 10.0 Å². The van der Waals surface area contributed by atoms with Crippen molar-refractivity contribution in [1.82, 2.24) is 9.62 Å². The highest BCUT2D eigenvalue weighted by Gasteiger charge is 2.37. The van der Waals surface area contributed by atoms with Gasteiger partial charge in [-0.15, -0.1) is 0 Å². The van der Waals surface area contributed by atoms with E-state index in [4.69, 9.17) is 4.74 Å². The zero-order valence-electron chi connectivity index (χ0n) is 16.8. The highest BCUT2D eigenvalue weighted by atomic mass is 32.2.